The molecule has 0 aromatic heterocycles. The van der Waals surface area contributed by atoms with Crippen molar-refractivity contribution in [2.45, 2.75) is 63.1 Å². The van der Waals surface area contributed by atoms with E-state index in [9.17, 15) is 19.5 Å². The average molecular weight is 570 g/mol. The van der Waals surface area contributed by atoms with E-state index < -0.39 is 23.6 Å². The Kier molecular flexibility index (Phi) is 9.22. The lowest BCUT2D eigenvalue weighted by Gasteiger charge is -2.42. The highest BCUT2D eigenvalue weighted by atomic mass is 16.5. The van der Waals surface area contributed by atoms with Gasteiger partial charge >= 0.3 is 12.1 Å². The lowest BCUT2D eigenvalue weighted by atomic mass is 9.83. The molecule has 3 N–H and O–H groups in total. The number of rotatable bonds is 11. The molecule has 220 valence electrons. The Bertz CT molecular complexity index is 1360. The predicted octanol–water partition coefficient (Wildman–Crippen LogP) is 5.32. The summed E-state index contributed by atoms with van der Waals surface area (Å²) in [6.07, 6.45) is 1.29. The van der Waals surface area contributed by atoms with Crippen LogP contribution in [0.2, 0.25) is 0 Å². The molecule has 0 spiro atoms. The van der Waals surface area contributed by atoms with E-state index in [1.165, 1.54) is 5.56 Å². The summed E-state index contributed by atoms with van der Waals surface area (Å²) >= 11 is 0. The fourth-order valence-electron chi connectivity index (χ4n) is 6.30. The highest BCUT2D eigenvalue weighted by Crippen LogP contribution is 2.44. The largest absolute Gasteiger partial charge is 0.481 e. The van der Waals surface area contributed by atoms with Crippen LogP contribution in [0.1, 0.15) is 61.6 Å². The van der Waals surface area contributed by atoms with Crippen LogP contribution in [0.25, 0.3) is 11.1 Å². The molecule has 1 saturated heterocycles. The minimum absolute atomic E-state index is 0.0819. The van der Waals surface area contributed by atoms with Gasteiger partial charge in [-0.05, 0) is 47.1 Å². The molecule has 3 aromatic carbocycles. The summed E-state index contributed by atoms with van der Waals surface area (Å²) in [5.74, 6) is -1.41. The van der Waals surface area contributed by atoms with Gasteiger partial charge in [0.25, 0.3) is 0 Å². The van der Waals surface area contributed by atoms with Crippen LogP contribution in [-0.4, -0.2) is 59.3 Å². The summed E-state index contributed by atoms with van der Waals surface area (Å²) in [7, 11) is 0. The summed E-state index contributed by atoms with van der Waals surface area (Å²) in [6.45, 7) is 4.20. The highest BCUT2D eigenvalue weighted by molar-refractivity contribution is 5.87. The molecular formula is C34H39N3O5. The number of benzene rings is 3. The number of nitrogens with one attached hydrogen (secondary N) is 2. The van der Waals surface area contributed by atoms with Gasteiger partial charge in [0.1, 0.15) is 12.6 Å². The van der Waals surface area contributed by atoms with Crippen LogP contribution in [0.4, 0.5) is 4.79 Å². The molecule has 8 heteroatoms. The Morgan fingerprint density at radius 2 is 1.52 bits per heavy atom. The smallest absolute Gasteiger partial charge is 0.407 e. The van der Waals surface area contributed by atoms with Gasteiger partial charge in [0.2, 0.25) is 5.91 Å². The third-order valence-electron chi connectivity index (χ3n) is 8.47. The Morgan fingerprint density at radius 1 is 0.929 bits per heavy atom. The van der Waals surface area contributed by atoms with Gasteiger partial charge < -0.3 is 20.5 Å². The molecule has 1 aliphatic heterocycles. The Morgan fingerprint density at radius 3 is 2.12 bits per heavy atom. The third kappa shape index (κ3) is 6.82. The second kappa shape index (κ2) is 13.2. The predicted molar refractivity (Wildman–Crippen MR) is 161 cm³/mol. The van der Waals surface area contributed by atoms with E-state index in [4.69, 9.17) is 4.74 Å². The fraction of sp³-hybridized carbons (Fsp3) is 0.382. The molecule has 1 aliphatic carbocycles. The van der Waals surface area contributed by atoms with Crippen molar-refractivity contribution in [2.24, 2.45) is 0 Å². The molecule has 0 saturated carbocycles. The van der Waals surface area contributed by atoms with Gasteiger partial charge in [-0.1, -0.05) is 92.2 Å². The molecule has 0 bridgehead atoms. The quantitative estimate of drug-likeness (QED) is 0.289. The monoisotopic (exact) mass is 569 g/mol. The molecular weight excluding hydrogens is 530 g/mol. The lowest BCUT2D eigenvalue weighted by molar-refractivity contribution is -0.140. The first-order chi connectivity index (χ1) is 20.4. The van der Waals surface area contributed by atoms with Crippen LogP contribution in [-0.2, 0) is 20.9 Å². The first-order valence-electron chi connectivity index (χ1n) is 14.8. The van der Waals surface area contributed by atoms with Crippen molar-refractivity contribution in [1.82, 2.24) is 15.5 Å². The Balaban J connectivity index is 1.20. The van der Waals surface area contributed by atoms with Crippen LogP contribution in [0.15, 0.2) is 78.9 Å². The number of likely N-dealkylation sites (tertiary alicyclic amines) is 1. The summed E-state index contributed by atoms with van der Waals surface area (Å²) in [4.78, 5) is 40.6. The maximum absolute atomic E-state index is 13.5. The normalized spacial score (nSPS) is 16.6. The Hall–Kier alpha value is -4.17. The number of carboxylic acids is 1. The van der Waals surface area contributed by atoms with Crippen molar-refractivity contribution >= 4 is 18.0 Å². The molecule has 2 aliphatic rings. The van der Waals surface area contributed by atoms with Crippen molar-refractivity contribution in [3.05, 3.63) is 95.6 Å². The molecule has 42 heavy (non-hydrogen) atoms. The van der Waals surface area contributed by atoms with Crippen LogP contribution in [0, 0.1) is 0 Å². The highest BCUT2D eigenvalue weighted by Gasteiger charge is 2.39. The second-order valence-corrected chi connectivity index (χ2v) is 11.4. The van der Waals surface area contributed by atoms with E-state index in [1.807, 2.05) is 49.4 Å². The number of carbonyl (C=O) groups excluding carboxylic acids is 2. The number of carboxylic acid groups (broad SMARTS) is 1. The van der Waals surface area contributed by atoms with Crippen molar-refractivity contribution < 1.29 is 24.2 Å². The van der Waals surface area contributed by atoms with Gasteiger partial charge in [0.05, 0.1) is 12.0 Å². The summed E-state index contributed by atoms with van der Waals surface area (Å²) in [6, 6.07) is 25.6. The van der Waals surface area contributed by atoms with E-state index in [-0.39, 0.29) is 24.9 Å². The number of hydrogen-bond donors (Lipinski definition) is 3. The fourth-order valence-corrected chi connectivity index (χ4v) is 6.30. The van der Waals surface area contributed by atoms with Crippen molar-refractivity contribution in [3.8, 4) is 11.1 Å². The topological polar surface area (TPSA) is 108 Å². The first-order valence-corrected chi connectivity index (χ1v) is 14.8. The van der Waals surface area contributed by atoms with E-state index >= 15 is 0 Å². The van der Waals surface area contributed by atoms with Gasteiger partial charge in [0, 0.05) is 25.6 Å². The lowest BCUT2D eigenvalue weighted by Crippen LogP contribution is -2.60. The molecule has 1 fully saturated rings. The van der Waals surface area contributed by atoms with Gasteiger partial charge in [0.15, 0.2) is 0 Å². The number of fused-ring (bicyclic) bond motifs is 3. The minimum Gasteiger partial charge on any atom is -0.481 e. The number of aliphatic carboxylic acids is 1. The standard InChI is InChI=1S/C34H39N3O5/c1-2-10-30(35-33(41)42-23-29-27-15-8-6-13-25(27)26-14-7-9-16-28(26)29)32(40)36-34(21-31(38)39)17-19-37(20-18-34)22-24-11-4-3-5-12-24/h3-9,11-16,29-30H,2,10,17-23H2,1H3,(H,35,41)(H,36,40)(H,38,39)/t30-/m1/s1. The molecule has 1 atom stereocenters. The number of piperidine rings is 1. The number of nitrogens with zero attached hydrogens (tertiary/aromatic N) is 1. The molecule has 3 aromatic rings. The minimum atomic E-state index is -0.955. The zero-order valence-corrected chi connectivity index (χ0v) is 24.1. The molecule has 8 nitrogen and oxygen atoms in total. The zero-order chi connectivity index (χ0) is 29.5. The van der Waals surface area contributed by atoms with E-state index in [1.54, 1.807) is 0 Å². The van der Waals surface area contributed by atoms with Crippen LogP contribution < -0.4 is 10.6 Å². The zero-order valence-electron chi connectivity index (χ0n) is 24.1. The summed E-state index contributed by atoms with van der Waals surface area (Å²) in [5.41, 5.74) is 4.84. The van der Waals surface area contributed by atoms with E-state index in [0.29, 0.717) is 38.8 Å². The van der Waals surface area contributed by atoms with Crippen molar-refractivity contribution in [1.29, 1.82) is 0 Å². The van der Waals surface area contributed by atoms with Gasteiger partial charge in [-0.25, -0.2) is 4.79 Å². The maximum atomic E-state index is 13.5. The summed E-state index contributed by atoms with van der Waals surface area (Å²) in [5, 5.41) is 15.5. The molecule has 2 amide bonds. The van der Waals surface area contributed by atoms with Gasteiger partial charge in [-0.3, -0.25) is 14.5 Å². The van der Waals surface area contributed by atoms with Crippen LogP contribution in [0.5, 0.6) is 0 Å². The molecule has 0 unspecified atom stereocenters. The number of ether oxygens (including phenoxy) is 1. The number of carbonyl (C=O) groups is 3. The van der Waals surface area contributed by atoms with E-state index in [0.717, 1.165) is 28.8 Å². The second-order valence-electron chi connectivity index (χ2n) is 11.4. The molecule has 1 heterocycles. The van der Waals surface area contributed by atoms with Gasteiger partial charge in [-0.15, -0.1) is 0 Å². The van der Waals surface area contributed by atoms with E-state index in [2.05, 4.69) is 51.9 Å². The average Bonchev–Trinajstić information content (AvgIpc) is 3.31. The van der Waals surface area contributed by atoms with Crippen LogP contribution >= 0.6 is 0 Å². The molecule has 0 radical (unpaired) electrons. The van der Waals surface area contributed by atoms with Gasteiger partial charge in [-0.2, -0.15) is 0 Å². The first kappa shape index (κ1) is 29.3. The third-order valence-corrected chi connectivity index (χ3v) is 8.47. The number of alkyl carbamates (subject to hydrolysis) is 1. The molecule has 5 rings (SSSR count). The summed E-state index contributed by atoms with van der Waals surface area (Å²) < 4.78 is 5.69. The van der Waals surface area contributed by atoms with Crippen molar-refractivity contribution in [2.75, 3.05) is 19.7 Å². The Labute approximate surface area is 247 Å². The van der Waals surface area contributed by atoms with Crippen molar-refractivity contribution in [3.63, 3.8) is 0 Å². The van der Waals surface area contributed by atoms with Crippen LogP contribution in [0.3, 0.4) is 0 Å². The number of hydrogen-bond acceptors (Lipinski definition) is 5. The number of amides is 2. The SMILES string of the molecule is CCC[C@@H](NC(=O)OCC1c2ccccc2-c2ccccc21)C(=O)NC1(CC(=O)O)CCN(Cc2ccccc2)CC1. The maximum Gasteiger partial charge on any atom is 0.407 e.